The number of carbonyl (C=O) groups excluding carboxylic acids is 1. The van der Waals surface area contributed by atoms with Gasteiger partial charge in [-0.3, -0.25) is 19.7 Å². The minimum Gasteiger partial charge on any atom is -0.481 e. The second-order valence-corrected chi connectivity index (χ2v) is 4.61. The van der Waals surface area contributed by atoms with Gasteiger partial charge in [-0.15, -0.1) is 0 Å². The van der Waals surface area contributed by atoms with Crippen molar-refractivity contribution in [3.05, 3.63) is 46.0 Å². The van der Waals surface area contributed by atoms with E-state index in [2.05, 4.69) is 0 Å². The van der Waals surface area contributed by atoms with Gasteiger partial charge < -0.3 is 10.0 Å². The minimum absolute atomic E-state index is 0.0649. The van der Waals surface area contributed by atoms with E-state index >= 15 is 0 Å². The van der Waals surface area contributed by atoms with Crippen molar-refractivity contribution in [2.45, 2.75) is 6.92 Å². The predicted molar refractivity (Wildman–Crippen MR) is 76.6 cm³/mol. The molecule has 7 nitrogen and oxygen atoms in total. The van der Waals surface area contributed by atoms with Crippen molar-refractivity contribution in [1.29, 1.82) is 0 Å². The first-order valence-electron chi connectivity index (χ1n) is 6.22. The van der Waals surface area contributed by atoms with Crippen LogP contribution in [0.3, 0.4) is 0 Å². The fourth-order valence-corrected chi connectivity index (χ4v) is 1.66. The van der Waals surface area contributed by atoms with Crippen molar-refractivity contribution in [2.24, 2.45) is 5.92 Å². The number of hydrogen-bond acceptors (Lipinski definition) is 4. The van der Waals surface area contributed by atoms with E-state index in [4.69, 9.17) is 5.11 Å². The molecule has 0 aromatic heterocycles. The number of para-hydroxylation sites is 1. The smallest absolute Gasteiger partial charge is 0.308 e. The lowest BCUT2D eigenvalue weighted by molar-refractivity contribution is -0.385. The topological polar surface area (TPSA) is 101 Å². The molecule has 21 heavy (non-hydrogen) atoms. The summed E-state index contributed by atoms with van der Waals surface area (Å²) in [6.45, 7) is 1.56. The molecule has 1 aromatic carbocycles. The number of carbonyl (C=O) groups is 2. The Morgan fingerprint density at radius 2 is 2.05 bits per heavy atom. The number of likely N-dealkylation sites (N-methyl/N-ethyl adjacent to an activating group) is 1. The molecular formula is C14H16N2O5. The highest BCUT2D eigenvalue weighted by molar-refractivity contribution is 5.92. The summed E-state index contributed by atoms with van der Waals surface area (Å²) in [5.74, 6) is -2.09. The van der Waals surface area contributed by atoms with Crippen molar-refractivity contribution in [1.82, 2.24) is 4.90 Å². The maximum absolute atomic E-state index is 11.8. The lowest BCUT2D eigenvalue weighted by Gasteiger charge is -2.17. The molecule has 1 unspecified atom stereocenters. The van der Waals surface area contributed by atoms with Crippen molar-refractivity contribution in [2.75, 3.05) is 13.6 Å². The predicted octanol–water partition coefficient (Wildman–Crippen LogP) is 1.79. The summed E-state index contributed by atoms with van der Waals surface area (Å²) in [5.41, 5.74) is 0.221. The first-order chi connectivity index (χ1) is 9.82. The molecule has 0 aliphatic rings. The van der Waals surface area contributed by atoms with Gasteiger partial charge in [-0.05, 0) is 12.1 Å². The van der Waals surface area contributed by atoms with E-state index in [-0.39, 0.29) is 12.2 Å². The van der Waals surface area contributed by atoms with Crippen molar-refractivity contribution in [3.63, 3.8) is 0 Å². The summed E-state index contributed by atoms with van der Waals surface area (Å²) in [4.78, 5) is 34.1. The lowest BCUT2D eigenvalue weighted by atomic mass is 10.1. The molecule has 112 valence electrons. The molecule has 0 spiro atoms. The lowest BCUT2D eigenvalue weighted by Crippen LogP contribution is -2.32. The summed E-state index contributed by atoms with van der Waals surface area (Å²) in [6, 6.07) is 6.05. The Balaban J connectivity index is 2.79. The molecule has 0 bridgehead atoms. The largest absolute Gasteiger partial charge is 0.481 e. The van der Waals surface area contributed by atoms with Crippen LogP contribution in [0.2, 0.25) is 0 Å². The summed E-state index contributed by atoms with van der Waals surface area (Å²) in [5, 5.41) is 19.6. The number of aliphatic carboxylic acids is 1. The van der Waals surface area contributed by atoms with Gasteiger partial charge >= 0.3 is 5.97 Å². The van der Waals surface area contributed by atoms with Crippen molar-refractivity contribution < 1.29 is 19.6 Å². The Bertz CT molecular complexity index is 582. The van der Waals surface area contributed by atoms with E-state index in [1.165, 1.54) is 49.2 Å². The van der Waals surface area contributed by atoms with Gasteiger partial charge in [-0.2, -0.15) is 0 Å². The Morgan fingerprint density at radius 1 is 1.43 bits per heavy atom. The van der Waals surface area contributed by atoms with E-state index in [1.807, 2.05) is 0 Å². The summed E-state index contributed by atoms with van der Waals surface area (Å²) < 4.78 is 0. The molecule has 0 fully saturated rings. The van der Waals surface area contributed by atoms with Gasteiger partial charge in [0.25, 0.3) is 5.69 Å². The molecule has 0 heterocycles. The second kappa shape index (κ2) is 7.18. The van der Waals surface area contributed by atoms with Gasteiger partial charge in [0.1, 0.15) is 0 Å². The Kier molecular flexibility index (Phi) is 5.59. The van der Waals surface area contributed by atoms with Crippen molar-refractivity contribution >= 4 is 23.6 Å². The molecule has 0 saturated heterocycles. The number of hydrogen-bond donors (Lipinski definition) is 1. The second-order valence-electron chi connectivity index (χ2n) is 4.61. The third-order valence-electron chi connectivity index (χ3n) is 2.88. The standard InChI is InChI=1S/C14H16N2O5/c1-10(14(18)19)9-15(2)13(17)8-7-11-5-3-4-6-12(11)16(20)21/h3-8,10H,9H2,1-2H3,(H,18,19). The van der Waals surface area contributed by atoms with Gasteiger partial charge in [0.15, 0.2) is 0 Å². The molecular weight excluding hydrogens is 276 g/mol. The highest BCUT2D eigenvalue weighted by atomic mass is 16.6. The number of carboxylic acid groups (broad SMARTS) is 1. The third-order valence-corrected chi connectivity index (χ3v) is 2.88. The third kappa shape index (κ3) is 4.72. The SMILES string of the molecule is CC(CN(C)C(=O)C=Cc1ccccc1[N+](=O)[O-])C(=O)O. The first-order valence-corrected chi connectivity index (χ1v) is 6.22. The van der Waals surface area contributed by atoms with E-state index in [9.17, 15) is 19.7 Å². The van der Waals surface area contributed by atoms with Crippen LogP contribution < -0.4 is 0 Å². The maximum atomic E-state index is 11.8. The Labute approximate surface area is 121 Å². The van der Waals surface area contributed by atoms with Crippen molar-refractivity contribution in [3.8, 4) is 0 Å². The minimum atomic E-state index is -0.989. The van der Waals surface area contributed by atoms with Crippen LogP contribution in [0, 0.1) is 16.0 Å². The van der Waals surface area contributed by atoms with Crippen LogP contribution in [0.1, 0.15) is 12.5 Å². The number of amides is 1. The van der Waals surface area contributed by atoms with Crippen LogP contribution in [0.5, 0.6) is 0 Å². The van der Waals surface area contributed by atoms with Crippen LogP contribution in [0.4, 0.5) is 5.69 Å². The highest BCUT2D eigenvalue weighted by Crippen LogP contribution is 2.18. The summed E-state index contributed by atoms with van der Waals surface area (Å²) in [6.07, 6.45) is 2.54. The number of carboxylic acids is 1. The normalized spacial score (nSPS) is 12.1. The quantitative estimate of drug-likeness (QED) is 0.489. The monoisotopic (exact) mass is 292 g/mol. The molecule has 1 rings (SSSR count). The number of benzene rings is 1. The van der Waals surface area contributed by atoms with Gasteiger partial charge in [0.05, 0.1) is 16.4 Å². The highest BCUT2D eigenvalue weighted by Gasteiger charge is 2.16. The molecule has 1 atom stereocenters. The van der Waals surface area contributed by atoms with Gasteiger partial charge in [-0.1, -0.05) is 19.1 Å². The number of nitro benzene ring substituents is 1. The van der Waals surface area contributed by atoms with E-state index in [0.29, 0.717) is 5.56 Å². The molecule has 7 heteroatoms. The van der Waals surface area contributed by atoms with E-state index < -0.39 is 22.7 Å². The average Bonchev–Trinajstić information content (AvgIpc) is 2.44. The van der Waals surface area contributed by atoms with Crippen LogP contribution in [0.25, 0.3) is 6.08 Å². The maximum Gasteiger partial charge on any atom is 0.308 e. The molecule has 1 aromatic rings. The zero-order valence-electron chi connectivity index (χ0n) is 11.7. The van der Waals surface area contributed by atoms with Gasteiger partial charge in [0.2, 0.25) is 5.91 Å². The summed E-state index contributed by atoms with van der Waals surface area (Å²) >= 11 is 0. The van der Waals surface area contributed by atoms with E-state index in [0.717, 1.165) is 0 Å². The average molecular weight is 292 g/mol. The molecule has 1 amide bonds. The van der Waals surface area contributed by atoms with Gasteiger partial charge in [0, 0.05) is 25.7 Å². The molecule has 0 saturated carbocycles. The fourth-order valence-electron chi connectivity index (χ4n) is 1.66. The van der Waals surface area contributed by atoms with Crippen LogP contribution in [-0.4, -0.2) is 40.4 Å². The molecule has 1 N–H and O–H groups in total. The van der Waals surface area contributed by atoms with Crippen LogP contribution >= 0.6 is 0 Å². The van der Waals surface area contributed by atoms with Crippen LogP contribution in [-0.2, 0) is 9.59 Å². The zero-order valence-corrected chi connectivity index (χ0v) is 11.7. The van der Waals surface area contributed by atoms with E-state index in [1.54, 1.807) is 6.07 Å². The summed E-state index contributed by atoms with van der Waals surface area (Å²) in [7, 11) is 1.48. The number of rotatable bonds is 6. The Hall–Kier alpha value is -2.70. The number of nitrogens with zero attached hydrogens (tertiary/aromatic N) is 2. The van der Waals surface area contributed by atoms with Crippen LogP contribution in [0.15, 0.2) is 30.3 Å². The van der Waals surface area contributed by atoms with Gasteiger partial charge in [-0.25, -0.2) is 0 Å². The Morgan fingerprint density at radius 3 is 2.62 bits per heavy atom. The zero-order chi connectivity index (χ0) is 16.0. The fraction of sp³-hybridized carbons (Fsp3) is 0.286. The molecule has 0 aliphatic heterocycles. The molecule has 0 radical (unpaired) electrons. The molecule has 0 aliphatic carbocycles. The number of nitro groups is 1. The first kappa shape index (κ1) is 16.4.